The molecule has 0 aliphatic heterocycles. The summed E-state index contributed by atoms with van der Waals surface area (Å²) >= 11 is 5.78. The van der Waals surface area contributed by atoms with Gasteiger partial charge in [-0.15, -0.1) is 0 Å². The van der Waals surface area contributed by atoms with Gasteiger partial charge < -0.3 is 15.7 Å². The fourth-order valence-electron chi connectivity index (χ4n) is 1.32. The Morgan fingerprint density at radius 1 is 1.50 bits per heavy atom. The molecule has 6 heteroatoms. The lowest BCUT2D eigenvalue weighted by Gasteiger charge is -2.19. The molecule has 0 unspecified atom stereocenters. The van der Waals surface area contributed by atoms with Gasteiger partial charge in [-0.05, 0) is 18.2 Å². The Balaban J connectivity index is 3.13. The molecule has 16 heavy (non-hydrogen) atoms. The quantitative estimate of drug-likeness (QED) is 0.824. The predicted molar refractivity (Wildman–Crippen MR) is 60.9 cm³/mol. The molecule has 1 aromatic carbocycles. The van der Waals surface area contributed by atoms with Crippen molar-refractivity contribution in [2.45, 2.75) is 0 Å². The minimum atomic E-state index is -1.00. The molecule has 0 fully saturated rings. The second-order valence-electron chi connectivity index (χ2n) is 3.28. The van der Waals surface area contributed by atoms with Gasteiger partial charge in [-0.3, -0.25) is 9.59 Å². The number of carboxylic acids is 1. The van der Waals surface area contributed by atoms with E-state index in [0.717, 1.165) is 0 Å². The first kappa shape index (κ1) is 12.3. The number of likely N-dealkylation sites (N-methyl/N-ethyl adjacent to an activating group) is 1. The van der Waals surface area contributed by atoms with Crippen LogP contribution in [-0.2, 0) is 4.79 Å². The molecule has 0 heterocycles. The first-order valence-electron chi connectivity index (χ1n) is 4.44. The molecule has 0 atom stereocenters. The molecular weight excluding hydrogens is 232 g/mol. The van der Waals surface area contributed by atoms with Crippen LogP contribution in [0.25, 0.3) is 0 Å². The van der Waals surface area contributed by atoms with Crippen molar-refractivity contribution >= 4 is 29.2 Å². The summed E-state index contributed by atoms with van der Waals surface area (Å²) in [5, 5.41) is 9.07. The zero-order valence-corrected chi connectivity index (χ0v) is 9.36. The molecule has 3 N–H and O–H groups in total. The number of rotatable bonds is 4. The van der Waals surface area contributed by atoms with E-state index in [-0.39, 0.29) is 12.1 Å². The Labute approximate surface area is 97.4 Å². The van der Waals surface area contributed by atoms with E-state index in [1.165, 1.54) is 23.1 Å². The Hall–Kier alpha value is -1.75. The van der Waals surface area contributed by atoms with E-state index in [9.17, 15) is 9.59 Å². The molecule has 0 radical (unpaired) electrons. The molecule has 0 bridgehead atoms. The molecule has 0 spiro atoms. The zero-order chi connectivity index (χ0) is 12.3. The summed E-state index contributed by atoms with van der Waals surface area (Å²) < 4.78 is 0. The molecular formula is C10H11ClN2O3. The Morgan fingerprint density at radius 3 is 2.62 bits per heavy atom. The summed E-state index contributed by atoms with van der Waals surface area (Å²) in [6.07, 6.45) is 0. The van der Waals surface area contributed by atoms with E-state index < -0.39 is 11.9 Å². The van der Waals surface area contributed by atoms with Crippen molar-refractivity contribution in [1.29, 1.82) is 0 Å². The number of anilines is 1. The van der Waals surface area contributed by atoms with E-state index in [0.29, 0.717) is 10.7 Å². The highest BCUT2D eigenvalue weighted by Crippen LogP contribution is 2.23. The summed E-state index contributed by atoms with van der Waals surface area (Å²) in [5.41, 5.74) is 5.83. The monoisotopic (exact) mass is 242 g/mol. The van der Waals surface area contributed by atoms with Crippen LogP contribution >= 0.6 is 11.6 Å². The number of amides is 1. The topological polar surface area (TPSA) is 83.6 Å². The highest BCUT2D eigenvalue weighted by atomic mass is 35.5. The summed E-state index contributed by atoms with van der Waals surface area (Å²) in [7, 11) is 1.55. The number of carboxylic acid groups (broad SMARTS) is 1. The van der Waals surface area contributed by atoms with Gasteiger partial charge in [0, 0.05) is 12.1 Å². The molecule has 86 valence electrons. The summed E-state index contributed by atoms with van der Waals surface area (Å²) in [6, 6.07) is 4.50. The van der Waals surface area contributed by atoms with Gasteiger partial charge in [0.25, 0.3) is 5.91 Å². The minimum absolute atomic E-state index is 0.235. The van der Waals surface area contributed by atoms with E-state index in [4.69, 9.17) is 22.4 Å². The van der Waals surface area contributed by atoms with Crippen LogP contribution in [0.3, 0.4) is 0 Å². The third-order valence-corrected chi connectivity index (χ3v) is 2.24. The molecule has 0 aromatic heterocycles. The van der Waals surface area contributed by atoms with Crippen LogP contribution in [-0.4, -0.2) is 30.6 Å². The molecule has 1 rings (SSSR count). The van der Waals surface area contributed by atoms with Gasteiger partial charge in [-0.2, -0.15) is 0 Å². The molecule has 1 amide bonds. The highest BCUT2D eigenvalue weighted by molar-refractivity contribution is 6.31. The number of aliphatic carboxylic acids is 1. The van der Waals surface area contributed by atoms with Crippen molar-refractivity contribution in [2.24, 2.45) is 5.73 Å². The number of carbonyl (C=O) groups excluding carboxylic acids is 1. The number of benzene rings is 1. The second-order valence-corrected chi connectivity index (χ2v) is 3.71. The lowest BCUT2D eigenvalue weighted by molar-refractivity contribution is -0.135. The second kappa shape index (κ2) is 4.85. The number of nitrogens with two attached hydrogens (primary N) is 1. The van der Waals surface area contributed by atoms with Crippen LogP contribution in [0.5, 0.6) is 0 Å². The number of primary amides is 1. The smallest absolute Gasteiger partial charge is 0.323 e. The van der Waals surface area contributed by atoms with Gasteiger partial charge in [-0.25, -0.2) is 0 Å². The van der Waals surface area contributed by atoms with E-state index >= 15 is 0 Å². The normalized spacial score (nSPS) is 9.88. The largest absolute Gasteiger partial charge is 0.480 e. The minimum Gasteiger partial charge on any atom is -0.480 e. The van der Waals surface area contributed by atoms with Gasteiger partial charge in [0.05, 0.1) is 11.3 Å². The first-order chi connectivity index (χ1) is 7.41. The predicted octanol–water partition coefficient (Wildman–Crippen LogP) is 0.960. The van der Waals surface area contributed by atoms with Crippen molar-refractivity contribution in [3.8, 4) is 0 Å². The zero-order valence-electron chi connectivity index (χ0n) is 8.61. The average molecular weight is 243 g/mol. The van der Waals surface area contributed by atoms with Gasteiger partial charge in [0.1, 0.15) is 6.54 Å². The number of halogens is 1. The average Bonchev–Trinajstić information content (AvgIpc) is 2.15. The van der Waals surface area contributed by atoms with Crippen molar-refractivity contribution < 1.29 is 14.7 Å². The van der Waals surface area contributed by atoms with E-state index in [1.54, 1.807) is 7.05 Å². The van der Waals surface area contributed by atoms with Crippen molar-refractivity contribution in [2.75, 3.05) is 18.5 Å². The Bertz CT molecular complexity index is 434. The summed E-state index contributed by atoms with van der Waals surface area (Å²) in [4.78, 5) is 23.1. The first-order valence-corrected chi connectivity index (χ1v) is 4.82. The summed E-state index contributed by atoms with van der Waals surface area (Å²) in [5.74, 6) is -1.62. The lowest BCUT2D eigenvalue weighted by Crippen LogP contribution is -2.27. The number of hydrogen-bond acceptors (Lipinski definition) is 3. The molecule has 5 nitrogen and oxygen atoms in total. The van der Waals surface area contributed by atoms with Gasteiger partial charge in [-0.1, -0.05) is 11.6 Å². The summed E-state index contributed by atoms with van der Waals surface area (Å²) in [6.45, 7) is -0.235. The molecule has 0 saturated carbocycles. The van der Waals surface area contributed by atoms with Crippen LogP contribution in [0.1, 0.15) is 10.4 Å². The van der Waals surface area contributed by atoms with Crippen molar-refractivity contribution in [3.63, 3.8) is 0 Å². The molecule has 0 aliphatic rings. The van der Waals surface area contributed by atoms with E-state index in [2.05, 4.69) is 0 Å². The molecule has 0 aliphatic carbocycles. The van der Waals surface area contributed by atoms with E-state index in [1.807, 2.05) is 0 Å². The fraction of sp³-hybridized carbons (Fsp3) is 0.200. The van der Waals surface area contributed by atoms with Gasteiger partial charge in [0.2, 0.25) is 0 Å². The van der Waals surface area contributed by atoms with Crippen LogP contribution in [0.15, 0.2) is 18.2 Å². The Kier molecular flexibility index (Phi) is 3.73. The van der Waals surface area contributed by atoms with Crippen molar-refractivity contribution in [3.05, 3.63) is 28.8 Å². The van der Waals surface area contributed by atoms with Crippen LogP contribution < -0.4 is 10.6 Å². The van der Waals surface area contributed by atoms with Gasteiger partial charge in [0.15, 0.2) is 0 Å². The lowest BCUT2D eigenvalue weighted by atomic mass is 10.1. The maximum atomic E-state index is 11.1. The van der Waals surface area contributed by atoms with Crippen molar-refractivity contribution in [1.82, 2.24) is 0 Å². The highest BCUT2D eigenvalue weighted by Gasteiger charge is 2.14. The maximum Gasteiger partial charge on any atom is 0.323 e. The number of hydrogen-bond donors (Lipinski definition) is 2. The fourth-order valence-corrected chi connectivity index (χ4v) is 1.48. The number of nitrogens with zero attached hydrogens (tertiary/aromatic N) is 1. The molecule has 1 aromatic rings. The third kappa shape index (κ3) is 2.87. The molecule has 0 saturated heterocycles. The van der Waals surface area contributed by atoms with Crippen LogP contribution in [0.2, 0.25) is 5.02 Å². The maximum absolute atomic E-state index is 11.1. The van der Waals surface area contributed by atoms with Gasteiger partial charge >= 0.3 is 5.97 Å². The standard InChI is InChI=1S/C10H11ClN2O3/c1-13(5-9(14)15)8-4-6(11)2-3-7(8)10(12)16/h2-4H,5H2,1H3,(H2,12,16)(H,14,15). The van der Waals surface area contributed by atoms with Crippen LogP contribution in [0, 0.1) is 0 Å². The van der Waals surface area contributed by atoms with Crippen LogP contribution in [0.4, 0.5) is 5.69 Å². The SMILES string of the molecule is CN(CC(=O)O)c1cc(Cl)ccc1C(N)=O. The third-order valence-electron chi connectivity index (χ3n) is 2.01. The number of carbonyl (C=O) groups is 2. The Morgan fingerprint density at radius 2 is 2.12 bits per heavy atom.